The van der Waals surface area contributed by atoms with E-state index in [1.165, 1.54) is 10.6 Å². The van der Waals surface area contributed by atoms with Crippen LogP contribution in [-0.2, 0) is 11.8 Å². The normalized spacial score (nSPS) is 23.0. The second-order valence-electron chi connectivity index (χ2n) is 7.89. The Labute approximate surface area is 160 Å². The van der Waals surface area contributed by atoms with Crippen LogP contribution in [0.15, 0.2) is 23.1 Å². The van der Waals surface area contributed by atoms with Gasteiger partial charge in [0, 0.05) is 43.8 Å². The third kappa shape index (κ3) is 5.88. The van der Waals surface area contributed by atoms with Gasteiger partial charge in [0.1, 0.15) is 0 Å². The monoisotopic (exact) mass is 382 g/mol. The number of aryl methyl sites for hydroxylation is 1. The molecular weight excluding hydrogens is 350 g/mol. The first-order valence-corrected chi connectivity index (χ1v) is 10.1. The summed E-state index contributed by atoms with van der Waals surface area (Å²) in [5.41, 5.74) is 0.124. The number of unbranched alkanes of at least 4 members (excludes halogenated alkanes) is 2. The highest BCUT2D eigenvalue weighted by Gasteiger charge is 2.46. The van der Waals surface area contributed by atoms with Crippen LogP contribution < -0.4 is 10.9 Å². The molecule has 0 spiro atoms. The average molecular weight is 382 g/mol. The smallest absolute Gasteiger partial charge is 0.252 e. The van der Waals surface area contributed by atoms with Crippen LogP contribution in [0.4, 0.5) is 14.5 Å². The summed E-state index contributed by atoms with van der Waals surface area (Å²) in [6.07, 6.45) is 6.60. The SMILES string of the molecule is CCCCCC(CC)C1CCC(F)(F)C[C@H]1C(=O)Nc1ccn(C)c(=O)c1. The number of amides is 1. The van der Waals surface area contributed by atoms with Gasteiger partial charge >= 0.3 is 0 Å². The van der Waals surface area contributed by atoms with Crippen molar-refractivity contribution in [3.05, 3.63) is 28.7 Å². The number of carbonyl (C=O) groups excluding carboxylic acids is 1. The van der Waals surface area contributed by atoms with Gasteiger partial charge < -0.3 is 9.88 Å². The summed E-state index contributed by atoms with van der Waals surface area (Å²) < 4.78 is 29.6. The van der Waals surface area contributed by atoms with E-state index in [9.17, 15) is 18.4 Å². The van der Waals surface area contributed by atoms with Crippen LogP contribution in [0.1, 0.15) is 65.2 Å². The van der Waals surface area contributed by atoms with Crippen LogP contribution >= 0.6 is 0 Å². The highest BCUT2D eigenvalue weighted by molar-refractivity contribution is 5.92. The van der Waals surface area contributed by atoms with Gasteiger partial charge in [-0.3, -0.25) is 9.59 Å². The molecule has 1 heterocycles. The number of halogens is 2. The average Bonchev–Trinajstić information content (AvgIpc) is 2.62. The number of alkyl halides is 2. The van der Waals surface area contributed by atoms with Crippen molar-refractivity contribution in [1.82, 2.24) is 4.57 Å². The predicted molar refractivity (Wildman–Crippen MR) is 104 cm³/mol. The molecule has 152 valence electrons. The van der Waals surface area contributed by atoms with Crippen molar-refractivity contribution < 1.29 is 13.6 Å². The van der Waals surface area contributed by atoms with E-state index >= 15 is 0 Å². The van der Waals surface area contributed by atoms with E-state index in [-0.39, 0.29) is 29.7 Å². The molecule has 0 radical (unpaired) electrons. The Hall–Kier alpha value is -1.72. The van der Waals surface area contributed by atoms with Crippen LogP contribution in [0, 0.1) is 17.8 Å². The molecule has 1 aliphatic carbocycles. The number of aromatic nitrogens is 1. The minimum absolute atomic E-state index is 0.0296. The van der Waals surface area contributed by atoms with E-state index in [1.807, 2.05) is 0 Å². The van der Waals surface area contributed by atoms with Gasteiger partial charge in [-0.15, -0.1) is 0 Å². The first kappa shape index (κ1) is 21.6. The number of carbonyl (C=O) groups is 1. The zero-order chi connectivity index (χ0) is 20.0. The zero-order valence-electron chi connectivity index (χ0n) is 16.6. The fraction of sp³-hybridized carbons (Fsp3) is 0.714. The van der Waals surface area contributed by atoms with Crippen molar-refractivity contribution in [1.29, 1.82) is 0 Å². The fourth-order valence-corrected chi connectivity index (χ4v) is 4.24. The van der Waals surface area contributed by atoms with Crippen LogP contribution in [0.2, 0.25) is 0 Å². The minimum atomic E-state index is -2.80. The van der Waals surface area contributed by atoms with Crippen molar-refractivity contribution in [2.75, 3.05) is 5.32 Å². The molecule has 1 saturated carbocycles. The summed E-state index contributed by atoms with van der Waals surface area (Å²) >= 11 is 0. The van der Waals surface area contributed by atoms with Crippen molar-refractivity contribution in [3.8, 4) is 0 Å². The number of nitrogens with zero attached hydrogens (tertiary/aromatic N) is 1. The standard InChI is InChI=1S/C21H32F2N2O2/c1-4-6-7-8-15(5-2)17-9-11-21(22,23)14-18(17)20(27)24-16-10-12-25(3)19(26)13-16/h10,12-13,15,17-18H,4-9,11,14H2,1-3H3,(H,24,27)/t15?,17?,18-/m1/s1. The number of hydrogen-bond acceptors (Lipinski definition) is 2. The van der Waals surface area contributed by atoms with E-state index in [1.54, 1.807) is 19.3 Å². The van der Waals surface area contributed by atoms with E-state index in [0.29, 0.717) is 12.1 Å². The van der Waals surface area contributed by atoms with Gasteiger partial charge in [-0.05, 0) is 24.3 Å². The zero-order valence-corrected chi connectivity index (χ0v) is 16.6. The third-order valence-corrected chi connectivity index (χ3v) is 5.90. The van der Waals surface area contributed by atoms with Gasteiger partial charge in [-0.1, -0.05) is 46.0 Å². The summed E-state index contributed by atoms with van der Waals surface area (Å²) in [7, 11) is 1.62. The van der Waals surface area contributed by atoms with Gasteiger partial charge in [0.25, 0.3) is 5.56 Å². The predicted octanol–water partition coefficient (Wildman–Crippen LogP) is 4.98. The van der Waals surface area contributed by atoms with E-state index in [2.05, 4.69) is 19.2 Å². The second-order valence-corrected chi connectivity index (χ2v) is 7.89. The van der Waals surface area contributed by atoms with Gasteiger partial charge in [0.05, 0.1) is 0 Å². The first-order valence-electron chi connectivity index (χ1n) is 10.1. The summed E-state index contributed by atoms with van der Waals surface area (Å²) in [5.74, 6) is -3.65. The Balaban J connectivity index is 2.16. The van der Waals surface area contributed by atoms with E-state index in [0.717, 1.165) is 32.1 Å². The molecule has 0 aliphatic heterocycles. The molecule has 3 atom stereocenters. The Morgan fingerprint density at radius 2 is 2.11 bits per heavy atom. The van der Waals surface area contributed by atoms with Crippen molar-refractivity contribution in [2.24, 2.45) is 24.8 Å². The molecule has 1 aromatic heterocycles. The topological polar surface area (TPSA) is 51.1 Å². The summed E-state index contributed by atoms with van der Waals surface area (Å²) in [5, 5.41) is 2.71. The molecule has 6 heteroatoms. The summed E-state index contributed by atoms with van der Waals surface area (Å²) in [6, 6.07) is 2.94. The number of hydrogen-bond donors (Lipinski definition) is 1. The first-order chi connectivity index (χ1) is 12.8. The maximum atomic E-state index is 14.1. The summed E-state index contributed by atoms with van der Waals surface area (Å²) in [4.78, 5) is 24.6. The quantitative estimate of drug-likeness (QED) is 0.645. The molecule has 0 aromatic carbocycles. The molecular formula is C21H32F2N2O2. The lowest BCUT2D eigenvalue weighted by Gasteiger charge is -2.39. The maximum absolute atomic E-state index is 14.1. The molecule has 1 amide bonds. The van der Waals surface area contributed by atoms with Crippen LogP contribution in [0.25, 0.3) is 0 Å². The van der Waals surface area contributed by atoms with Crippen LogP contribution in [0.3, 0.4) is 0 Å². The minimum Gasteiger partial charge on any atom is -0.326 e. The Morgan fingerprint density at radius 1 is 1.37 bits per heavy atom. The second kappa shape index (κ2) is 9.47. The van der Waals surface area contributed by atoms with Crippen LogP contribution in [-0.4, -0.2) is 16.4 Å². The molecule has 1 N–H and O–H groups in total. The molecule has 0 saturated heterocycles. The number of rotatable bonds is 8. The highest BCUT2D eigenvalue weighted by atomic mass is 19.3. The van der Waals surface area contributed by atoms with E-state index < -0.39 is 18.3 Å². The lowest BCUT2D eigenvalue weighted by molar-refractivity contribution is -0.134. The number of nitrogens with one attached hydrogen (secondary N) is 1. The lowest BCUT2D eigenvalue weighted by atomic mass is 9.68. The van der Waals surface area contributed by atoms with E-state index in [4.69, 9.17) is 0 Å². The molecule has 2 rings (SSSR count). The third-order valence-electron chi connectivity index (χ3n) is 5.90. The van der Waals surface area contributed by atoms with Crippen LogP contribution in [0.5, 0.6) is 0 Å². The van der Waals surface area contributed by atoms with Gasteiger partial charge in [0.15, 0.2) is 0 Å². The number of anilines is 1. The van der Waals surface area contributed by atoms with Gasteiger partial charge in [-0.25, -0.2) is 8.78 Å². The largest absolute Gasteiger partial charge is 0.326 e. The van der Waals surface area contributed by atoms with Crippen molar-refractivity contribution >= 4 is 11.6 Å². The Kier molecular flexibility index (Phi) is 7.57. The highest BCUT2D eigenvalue weighted by Crippen LogP contribution is 2.45. The Bertz CT molecular complexity index is 687. The lowest BCUT2D eigenvalue weighted by Crippen LogP contribution is -2.42. The number of pyridine rings is 1. The molecule has 2 unspecified atom stereocenters. The van der Waals surface area contributed by atoms with Gasteiger partial charge in [0.2, 0.25) is 11.8 Å². The molecule has 0 bridgehead atoms. The van der Waals surface area contributed by atoms with Crippen molar-refractivity contribution in [3.63, 3.8) is 0 Å². The molecule has 1 fully saturated rings. The molecule has 4 nitrogen and oxygen atoms in total. The molecule has 1 aromatic rings. The fourth-order valence-electron chi connectivity index (χ4n) is 4.24. The maximum Gasteiger partial charge on any atom is 0.252 e. The molecule has 27 heavy (non-hydrogen) atoms. The van der Waals surface area contributed by atoms with Crippen molar-refractivity contribution in [2.45, 2.75) is 71.1 Å². The summed E-state index contributed by atoms with van der Waals surface area (Å²) in [6.45, 7) is 4.22. The molecule has 1 aliphatic rings. The van der Waals surface area contributed by atoms with Gasteiger partial charge in [-0.2, -0.15) is 0 Å². The Morgan fingerprint density at radius 3 is 2.74 bits per heavy atom.